The molecule has 1 aromatic rings. The molecule has 142 valence electrons. The Bertz CT molecular complexity index is 631. The zero-order chi connectivity index (χ0) is 18.4. The van der Waals surface area contributed by atoms with Crippen molar-refractivity contribution < 1.29 is 14.0 Å². The van der Waals surface area contributed by atoms with Gasteiger partial charge in [0.2, 0.25) is 5.91 Å². The normalized spacial score (nSPS) is 19.7. The van der Waals surface area contributed by atoms with Crippen LogP contribution in [0.5, 0.6) is 0 Å². The highest BCUT2D eigenvalue weighted by Gasteiger charge is 2.28. The Hall–Kier alpha value is -2.08. The maximum Gasteiger partial charge on any atom is 0.289 e. The SMILES string of the molecule is CC(C(=O)NCCC1=CCCCC1)N1CCN(C(=O)c2ccco2)CC1. The molecule has 3 rings (SSSR count). The van der Waals surface area contributed by atoms with Crippen molar-refractivity contribution in [2.24, 2.45) is 0 Å². The zero-order valence-corrected chi connectivity index (χ0v) is 15.6. The average Bonchev–Trinajstić information content (AvgIpc) is 3.22. The Morgan fingerprint density at radius 1 is 1.23 bits per heavy atom. The molecular weight excluding hydrogens is 330 g/mol. The lowest BCUT2D eigenvalue weighted by Gasteiger charge is -2.37. The van der Waals surface area contributed by atoms with Crippen LogP contribution in [0.25, 0.3) is 0 Å². The molecule has 0 spiro atoms. The van der Waals surface area contributed by atoms with Crippen LogP contribution in [-0.2, 0) is 4.79 Å². The standard InChI is InChI=1S/C20H29N3O3/c1-16(19(24)21-10-9-17-6-3-2-4-7-17)22-11-13-23(14-12-22)20(25)18-8-5-15-26-18/h5-6,8,15-16H,2-4,7,9-14H2,1H3,(H,21,24). The lowest BCUT2D eigenvalue weighted by molar-refractivity contribution is -0.126. The van der Waals surface area contributed by atoms with Gasteiger partial charge in [0.1, 0.15) is 0 Å². The second-order valence-electron chi connectivity index (χ2n) is 7.13. The summed E-state index contributed by atoms with van der Waals surface area (Å²) in [5.74, 6) is 0.376. The van der Waals surface area contributed by atoms with Crippen molar-refractivity contribution in [2.45, 2.75) is 45.1 Å². The molecule has 0 radical (unpaired) electrons. The van der Waals surface area contributed by atoms with Gasteiger partial charge in [-0.2, -0.15) is 0 Å². The number of nitrogens with zero attached hydrogens (tertiary/aromatic N) is 2. The number of furan rings is 1. The molecule has 6 nitrogen and oxygen atoms in total. The number of allylic oxidation sites excluding steroid dienone is 1. The maximum atomic E-state index is 12.4. The van der Waals surface area contributed by atoms with Crippen molar-refractivity contribution in [3.63, 3.8) is 0 Å². The van der Waals surface area contributed by atoms with Gasteiger partial charge in [0.25, 0.3) is 5.91 Å². The molecule has 1 aliphatic carbocycles. The third-order valence-electron chi connectivity index (χ3n) is 5.39. The molecular formula is C20H29N3O3. The van der Waals surface area contributed by atoms with E-state index in [0.717, 1.165) is 6.42 Å². The summed E-state index contributed by atoms with van der Waals surface area (Å²) < 4.78 is 5.18. The first-order valence-corrected chi connectivity index (χ1v) is 9.67. The fourth-order valence-corrected chi connectivity index (χ4v) is 3.66. The molecule has 1 saturated heterocycles. The zero-order valence-electron chi connectivity index (χ0n) is 15.6. The summed E-state index contributed by atoms with van der Waals surface area (Å²) in [5, 5.41) is 3.07. The van der Waals surface area contributed by atoms with Crippen LogP contribution in [-0.4, -0.2) is 60.4 Å². The maximum absolute atomic E-state index is 12.4. The minimum absolute atomic E-state index is 0.0761. The van der Waals surface area contributed by atoms with E-state index in [9.17, 15) is 9.59 Å². The highest BCUT2D eigenvalue weighted by molar-refractivity contribution is 5.91. The average molecular weight is 359 g/mol. The van der Waals surface area contributed by atoms with Crippen LogP contribution >= 0.6 is 0 Å². The van der Waals surface area contributed by atoms with Gasteiger partial charge in [0.15, 0.2) is 5.76 Å². The predicted molar refractivity (Wildman–Crippen MR) is 99.8 cm³/mol. The lowest BCUT2D eigenvalue weighted by atomic mass is 9.97. The minimum Gasteiger partial charge on any atom is -0.459 e. The summed E-state index contributed by atoms with van der Waals surface area (Å²) >= 11 is 0. The van der Waals surface area contributed by atoms with Crippen LogP contribution in [0.1, 0.15) is 49.6 Å². The van der Waals surface area contributed by atoms with Crippen molar-refractivity contribution in [1.82, 2.24) is 15.1 Å². The van der Waals surface area contributed by atoms with E-state index < -0.39 is 0 Å². The number of carbonyl (C=O) groups excluding carboxylic acids is 2. The first-order valence-electron chi connectivity index (χ1n) is 9.67. The summed E-state index contributed by atoms with van der Waals surface area (Å²) in [7, 11) is 0. The molecule has 1 aliphatic heterocycles. The van der Waals surface area contributed by atoms with Gasteiger partial charge in [-0.15, -0.1) is 0 Å². The molecule has 1 unspecified atom stereocenters. The molecule has 2 amide bonds. The van der Waals surface area contributed by atoms with Crippen molar-refractivity contribution >= 4 is 11.8 Å². The van der Waals surface area contributed by atoms with Gasteiger partial charge in [-0.05, 0) is 51.2 Å². The molecule has 1 atom stereocenters. The van der Waals surface area contributed by atoms with E-state index in [-0.39, 0.29) is 17.9 Å². The first kappa shape index (κ1) is 18.7. The van der Waals surface area contributed by atoms with Crippen LogP contribution in [0.3, 0.4) is 0 Å². The number of nitrogens with one attached hydrogen (secondary N) is 1. The molecule has 2 aliphatic rings. The van der Waals surface area contributed by atoms with Crippen LogP contribution in [0.4, 0.5) is 0 Å². The van der Waals surface area contributed by atoms with E-state index in [0.29, 0.717) is 38.5 Å². The van der Waals surface area contributed by atoms with E-state index in [1.54, 1.807) is 17.0 Å². The lowest BCUT2D eigenvalue weighted by Crippen LogP contribution is -2.55. The van der Waals surface area contributed by atoms with Gasteiger partial charge in [0.05, 0.1) is 12.3 Å². The quantitative estimate of drug-likeness (QED) is 0.792. The van der Waals surface area contributed by atoms with Crippen molar-refractivity contribution in [3.8, 4) is 0 Å². The van der Waals surface area contributed by atoms with E-state index in [1.165, 1.54) is 37.5 Å². The van der Waals surface area contributed by atoms with E-state index >= 15 is 0 Å². The summed E-state index contributed by atoms with van der Waals surface area (Å²) in [4.78, 5) is 28.6. The number of hydrogen-bond acceptors (Lipinski definition) is 4. The molecule has 26 heavy (non-hydrogen) atoms. The van der Waals surface area contributed by atoms with Crippen molar-refractivity contribution in [2.75, 3.05) is 32.7 Å². The smallest absolute Gasteiger partial charge is 0.289 e. The van der Waals surface area contributed by atoms with E-state index in [1.807, 2.05) is 6.92 Å². The summed E-state index contributed by atoms with van der Waals surface area (Å²) in [6.45, 7) is 5.29. The third kappa shape index (κ3) is 4.75. The second-order valence-corrected chi connectivity index (χ2v) is 7.13. The number of amides is 2. The summed E-state index contributed by atoms with van der Waals surface area (Å²) in [5.41, 5.74) is 1.48. The van der Waals surface area contributed by atoms with Crippen LogP contribution in [0, 0.1) is 0 Å². The summed E-state index contributed by atoms with van der Waals surface area (Å²) in [6.07, 6.45) is 9.73. The monoisotopic (exact) mass is 359 g/mol. The summed E-state index contributed by atoms with van der Waals surface area (Å²) in [6, 6.07) is 3.24. The number of carbonyl (C=O) groups is 2. The van der Waals surface area contributed by atoms with Crippen molar-refractivity contribution in [3.05, 3.63) is 35.8 Å². The first-order chi connectivity index (χ1) is 12.6. The van der Waals surface area contributed by atoms with E-state index in [4.69, 9.17) is 4.42 Å². The molecule has 1 fully saturated rings. The number of rotatable bonds is 6. The number of hydrogen-bond donors (Lipinski definition) is 1. The molecule has 1 N–H and O–H groups in total. The van der Waals surface area contributed by atoms with Gasteiger partial charge in [-0.3, -0.25) is 14.5 Å². The fourth-order valence-electron chi connectivity index (χ4n) is 3.66. The largest absolute Gasteiger partial charge is 0.459 e. The third-order valence-corrected chi connectivity index (χ3v) is 5.39. The molecule has 0 aromatic carbocycles. The Labute approximate surface area is 155 Å². The highest BCUT2D eigenvalue weighted by atomic mass is 16.3. The topological polar surface area (TPSA) is 65.8 Å². The van der Waals surface area contributed by atoms with Gasteiger partial charge in [0, 0.05) is 32.7 Å². The van der Waals surface area contributed by atoms with Crippen LogP contribution < -0.4 is 5.32 Å². The molecule has 6 heteroatoms. The van der Waals surface area contributed by atoms with Crippen molar-refractivity contribution in [1.29, 1.82) is 0 Å². The molecule has 2 heterocycles. The molecule has 0 saturated carbocycles. The molecule has 0 bridgehead atoms. The Morgan fingerprint density at radius 2 is 2.04 bits per heavy atom. The van der Waals surface area contributed by atoms with Gasteiger partial charge < -0.3 is 14.6 Å². The fraction of sp³-hybridized carbons (Fsp3) is 0.600. The Balaban J connectivity index is 1.39. The highest BCUT2D eigenvalue weighted by Crippen LogP contribution is 2.19. The molecule has 1 aromatic heterocycles. The van der Waals surface area contributed by atoms with Crippen LogP contribution in [0.15, 0.2) is 34.5 Å². The number of piperazine rings is 1. The Morgan fingerprint density at radius 3 is 2.69 bits per heavy atom. The van der Waals surface area contributed by atoms with Gasteiger partial charge in [-0.25, -0.2) is 0 Å². The second kappa shape index (κ2) is 9.03. The van der Waals surface area contributed by atoms with Crippen LogP contribution in [0.2, 0.25) is 0 Å². The predicted octanol–water partition coefficient (Wildman–Crippen LogP) is 2.43. The minimum atomic E-state index is -0.170. The van der Waals surface area contributed by atoms with Gasteiger partial charge in [-0.1, -0.05) is 11.6 Å². The van der Waals surface area contributed by atoms with E-state index in [2.05, 4.69) is 16.3 Å². The Kier molecular flexibility index (Phi) is 6.50. The van der Waals surface area contributed by atoms with Gasteiger partial charge >= 0.3 is 0 Å².